The lowest BCUT2D eigenvalue weighted by Gasteiger charge is -2.32. The Labute approximate surface area is 157 Å². The second-order valence-electron chi connectivity index (χ2n) is 6.89. The highest BCUT2D eigenvalue weighted by molar-refractivity contribution is 7.89. The van der Waals surface area contributed by atoms with E-state index in [0.29, 0.717) is 10.9 Å². The molecule has 1 aromatic rings. The summed E-state index contributed by atoms with van der Waals surface area (Å²) in [4.78, 5) is 2.80. The molecule has 0 aromatic heterocycles. The van der Waals surface area contributed by atoms with Gasteiger partial charge in [-0.1, -0.05) is 35.9 Å². The molecular formula is C19H27ClN2O2S. The van der Waals surface area contributed by atoms with Gasteiger partial charge in [-0.15, -0.1) is 12.4 Å². The van der Waals surface area contributed by atoms with Gasteiger partial charge in [0.1, 0.15) is 0 Å². The summed E-state index contributed by atoms with van der Waals surface area (Å²) in [5.74, 6) is 0. The van der Waals surface area contributed by atoms with Crippen LogP contribution in [0.1, 0.15) is 25.3 Å². The van der Waals surface area contributed by atoms with Crippen LogP contribution in [0.25, 0.3) is 0 Å². The molecule has 1 heterocycles. The van der Waals surface area contributed by atoms with E-state index in [0.717, 1.165) is 31.5 Å². The zero-order valence-corrected chi connectivity index (χ0v) is 16.7. The number of benzene rings is 1. The molecule has 0 spiro atoms. The van der Waals surface area contributed by atoms with Crippen LogP contribution in [0.2, 0.25) is 0 Å². The first-order valence-electron chi connectivity index (χ1n) is 8.50. The molecule has 138 valence electrons. The number of hydrogen-bond acceptors (Lipinski definition) is 3. The summed E-state index contributed by atoms with van der Waals surface area (Å²) in [6.45, 7) is 6.10. The SMILES string of the molecule is CC1=CCN(C2C=C[C@H](N(C)S(=O)(=O)c3cccc(C)c3)C2)CC1.Cl. The van der Waals surface area contributed by atoms with Crippen LogP contribution < -0.4 is 0 Å². The van der Waals surface area contributed by atoms with Crippen molar-refractivity contribution in [2.75, 3.05) is 20.1 Å². The zero-order chi connectivity index (χ0) is 17.3. The first-order chi connectivity index (χ1) is 11.4. The molecule has 1 unspecified atom stereocenters. The van der Waals surface area contributed by atoms with E-state index in [1.165, 1.54) is 9.88 Å². The lowest BCUT2D eigenvalue weighted by Crippen LogP contribution is -2.40. The normalized spacial score (nSPS) is 24.2. The highest BCUT2D eigenvalue weighted by Crippen LogP contribution is 2.27. The van der Waals surface area contributed by atoms with Crippen LogP contribution in [0, 0.1) is 6.92 Å². The summed E-state index contributed by atoms with van der Waals surface area (Å²) in [5.41, 5.74) is 2.41. The molecule has 0 radical (unpaired) electrons. The van der Waals surface area contributed by atoms with Crippen LogP contribution in [0.3, 0.4) is 0 Å². The van der Waals surface area contributed by atoms with Gasteiger partial charge in [-0.2, -0.15) is 4.31 Å². The highest BCUT2D eigenvalue weighted by Gasteiger charge is 2.33. The standard InChI is InChI=1S/C19H26N2O2S.ClH/c1-15-9-11-21(12-10-15)18-8-7-17(14-18)20(3)24(22,23)19-6-4-5-16(2)13-19;/h4-9,13,17-18H,10-12,14H2,1-3H3;1H/t17-,18?;/m0./s1. The van der Waals surface area contributed by atoms with Crippen molar-refractivity contribution in [3.63, 3.8) is 0 Å². The summed E-state index contributed by atoms with van der Waals surface area (Å²) in [7, 11) is -1.77. The van der Waals surface area contributed by atoms with Gasteiger partial charge < -0.3 is 0 Å². The maximum absolute atomic E-state index is 12.9. The number of aryl methyl sites for hydroxylation is 1. The Balaban J connectivity index is 0.00000225. The summed E-state index contributed by atoms with van der Waals surface area (Å²) in [6, 6.07) is 7.37. The van der Waals surface area contributed by atoms with Crippen LogP contribution in [0.15, 0.2) is 53.0 Å². The summed E-state index contributed by atoms with van der Waals surface area (Å²) in [5, 5.41) is 0. The largest absolute Gasteiger partial charge is 0.293 e. The first kappa shape index (κ1) is 20.2. The minimum atomic E-state index is -3.46. The van der Waals surface area contributed by atoms with E-state index >= 15 is 0 Å². The van der Waals surface area contributed by atoms with Gasteiger partial charge in [0.05, 0.1) is 4.90 Å². The molecule has 6 heteroatoms. The van der Waals surface area contributed by atoms with Gasteiger partial charge >= 0.3 is 0 Å². The van der Waals surface area contributed by atoms with E-state index in [9.17, 15) is 8.42 Å². The first-order valence-corrected chi connectivity index (χ1v) is 9.94. The molecule has 0 amide bonds. The molecule has 0 bridgehead atoms. The Morgan fingerprint density at radius 1 is 1.20 bits per heavy atom. The van der Waals surface area contributed by atoms with Crippen molar-refractivity contribution in [2.45, 2.75) is 43.7 Å². The van der Waals surface area contributed by atoms with Crippen molar-refractivity contribution in [2.24, 2.45) is 0 Å². The Kier molecular flexibility index (Phi) is 6.49. The molecule has 4 nitrogen and oxygen atoms in total. The summed E-state index contributed by atoms with van der Waals surface area (Å²) >= 11 is 0. The lowest BCUT2D eigenvalue weighted by molar-refractivity contribution is 0.228. The zero-order valence-electron chi connectivity index (χ0n) is 15.1. The number of likely N-dealkylation sites (N-methyl/N-ethyl adjacent to an activating group) is 1. The van der Waals surface area contributed by atoms with Crippen molar-refractivity contribution in [1.82, 2.24) is 9.21 Å². The van der Waals surface area contributed by atoms with Crippen molar-refractivity contribution in [3.05, 3.63) is 53.6 Å². The second-order valence-corrected chi connectivity index (χ2v) is 8.89. The van der Waals surface area contributed by atoms with E-state index in [-0.39, 0.29) is 18.4 Å². The number of nitrogens with zero attached hydrogens (tertiary/aromatic N) is 2. The third kappa shape index (κ3) is 4.34. The van der Waals surface area contributed by atoms with Gasteiger partial charge in [0.15, 0.2) is 0 Å². The maximum Gasteiger partial charge on any atom is 0.243 e. The molecule has 1 aliphatic heterocycles. The van der Waals surface area contributed by atoms with Crippen LogP contribution in [-0.4, -0.2) is 49.8 Å². The highest BCUT2D eigenvalue weighted by atomic mass is 35.5. The molecule has 0 saturated carbocycles. The van der Waals surface area contributed by atoms with E-state index < -0.39 is 10.0 Å². The molecule has 3 rings (SSSR count). The Bertz CT molecular complexity index is 773. The molecule has 1 aliphatic carbocycles. The fraction of sp³-hybridized carbons (Fsp3) is 0.474. The quantitative estimate of drug-likeness (QED) is 0.749. The summed E-state index contributed by atoms with van der Waals surface area (Å²) < 4.78 is 27.2. The van der Waals surface area contributed by atoms with Crippen LogP contribution >= 0.6 is 12.4 Å². The molecule has 0 N–H and O–H groups in total. The second kappa shape index (κ2) is 8.04. The molecule has 0 saturated heterocycles. The van der Waals surface area contributed by atoms with E-state index in [1.54, 1.807) is 25.2 Å². The van der Waals surface area contributed by atoms with Crippen molar-refractivity contribution < 1.29 is 8.42 Å². The smallest absolute Gasteiger partial charge is 0.243 e. The van der Waals surface area contributed by atoms with E-state index in [1.807, 2.05) is 19.1 Å². The number of sulfonamides is 1. The Hall–Kier alpha value is -1.14. The minimum Gasteiger partial charge on any atom is -0.293 e. The number of hydrogen-bond donors (Lipinski definition) is 0. The van der Waals surface area contributed by atoms with Crippen molar-refractivity contribution in [1.29, 1.82) is 0 Å². The molecule has 1 aromatic carbocycles. The van der Waals surface area contributed by atoms with Gasteiger partial charge in [0.25, 0.3) is 0 Å². The number of halogens is 1. The van der Waals surface area contributed by atoms with Crippen molar-refractivity contribution >= 4 is 22.4 Å². The van der Waals surface area contributed by atoms with Crippen LogP contribution in [-0.2, 0) is 10.0 Å². The van der Waals surface area contributed by atoms with E-state index in [2.05, 4.69) is 24.0 Å². The average Bonchev–Trinajstić information content (AvgIpc) is 3.04. The molecule has 2 aliphatic rings. The lowest BCUT2D eigenvalue weighted by atomic mass is 10.1. The Morgan fingerprint density at radius 3 is 2.60 bits per heavy atom. The molecule has 25 heavy (non-hydrogen) atoms. The molecule has 0 fully saturated rings. The fourth-order valence-corrected chi connectivity index (χ4v) is 4.84. The van der Waals surface area contributed by atoms with Crippen LogP contribution in [0.4, 0.5) is 0 Å². The topological polar surface area (TPSA) is 40.6 Å². The monoisotopic (exact) mass is 382 g/mol. The van der Waals surface area contributed by atoms with Gasteiger partial charge in [-0.25, -0.2) is 8.42 Å². The van der Waals surface area contributed by atoms with E-state index in [4.69, 9.17) is 0 Å². The fourth-order valence-electron chi connectivity index (χ4n) is 3.41. The third-order valence-electron chi connectivity index (χ3n) is 5.11. The van der Waals surface area contributed by atoms with Gasteiger partial charge in [0, 0.05) is 32.2 Å². The van der Waals surface area contributed by atoms with Gasteiger partial charge in [0.2, 0.25) is 10.0 Å². The van der Waals surface area contributed by atoms with Crippen molar-refractivity contribution in [3.8, 4) is 0 Å². The number of rotatable bonds is 4. The predicted molar refractivity (Wildman–Crippen MR) is 105 cm³/mol. The Morgan fingerprint density at radius 2 is 1.96 bits per heavy atom. The minimum absolute atomic E-state index is 0. The van der Waals surface area contributed by atoms with Crippen LogP contribution in [0.5, 0.6) is 0 Å². The summed E-state index contributed by atoms with van der Waals surface area (Å²) in [6.07, 6.45) is 8.42. The molecular weight excluding hydrogens is 356 g/mol. The van der Waals surface area contributed by atoms with Gasteiger partial charge in [-0.3, -0.25) is 4.90 Å². The molecule has 2 atom stereocenters. The third-order valence-corrected chi connectivity index (χ3v) is 6.99. The predicted octanol–water partition coefficient (Wildman–Crippen LogP) is 3.39. The van der Waals surface area contributed by atoms with Gasteiger partial charge in [-0.05, 0) is 44.4 Å². The maximum atomic E-state index is 12.9. The average molecular weight is 383 g/mol.